The average Bonchev–Trinajstić information content (AvgIpc) is 3.61. The van der Waals surface area contributed by atoms with E-state index in [0.29, 0.717) is 30.2 Å². The third-order valence-corrected chi connectivity index (χ3v) is 8.20. The maximum absolute atomic E-state index is 14.2. The van der Waals surface area contributed by atoms with Gasteiger partial charge in [-0.3, -0.25) is 9.79 Å². The summed E-state index contributed by atoms with van der Waals surface area (Å²) in [6.45, 7) is 2.66. The van der Waals surface area contributed by atoms with E-state index >= 15 is 0 Å². The number of rotatable bonds is 5. The van der Waals surface area contributed by atoms with Crippen molar-refractivity contribution in [3.8, 4) is 0 Å². The van der Waals surface area contributed by atoms with Gasteiger partial charge in [-0.1, -0.05) is 67.6 Å². The van der Waals surface area contributed by atoms with Crippen LogP contribution in [0.15, 0.2) is 76.9 Å². The number of halogens is 2. The van der Waals surface area contributed by atoms with E-state index in [1.165, 1.54) is 4.90 Å². The first-order chi connectivity index (χ1) is 17.8. The fourth-order valence-electron chi connectivity index (χ4n) is 5.99. The van der Waals surface area contributed by atoms with Crippen LogP contribution in [0.1, 0.15) is 49.7 Å². The fraction of sp³-hybridized carbons (Fsp3) is 0.433. The van der Waals surface area contributed by atoms with Crippen LogP contribution in [-0.2, 0) is 9.53 Å². The Morgan fingerprint density at radius 3 is 2.19 bits per heavy atom. The highest BCUT2D eigenvalue weighted by atomic mass is 19.3. The molecule has 3 unspecified atom stereocenters. The molecule has 2 aromatic carbocycles. The molecule has 37 heavy (non-hydrogen) atoms. The SMILES string of the molecule is CC1CC1C1=NC2=C(CCN(C(=O)OC3CC(F)(F)C3)C2)C(=O)C1C(c1ccccc1)c1ccccc1. The zero-order valence-electron chi connectivity index (χ0n) is 20.8. The molecular formula is C30H30F2N2O3. The monoisotopic (exact) mass is 504 g/mol. The predicted octanol–water partition coefficient (Wildman–Crippen LogP) is 6.01. The van der Waals surface area contributed by atoms with Crippen LogP contribution >= 0.6 is 0 Å². The summed E-state index contributed by atoms with van der Waals surface area (Å²) < 4.78 is 31.7. The van der Waals surface area contributed by atoms with Crippen LogP contribution in [-0.4, -0.2) is 47.6 Å². The van der Waals surface area contributed by atoms with Crippen molar-refractivity contribution in [1.29, 1.82) is 0 Å². The molecule has 0 saturated heterocycles. The number of benzene rings is 2. The highest BCUT2D eigenvalue weighted by Gasteiger charge is 2.50. The molecule has 2 aliphatic carbocycles. The van der Waals surface area contributed by atoms with E-state index in [9.17, 15) is 18.4 Å². The summed E-state index contributed by atoms with van der Waals surface area (Å²) in [5.74, 6) is -2.52. The van der Waals surface area contributed by atoms with Gasteiger partial charge in [-0.25, -0.2) is 13.6 Å². The second-order valence-electron chi connectivity index (χ2n) is 10.9. The van der Waals surface area contributed by atoms with Gasteiger partial charge in [0.1, 0.15) is 6.10 Å². The Morgan fingerprint density at radius 2 is 1.65 bits per heavy atom. The predicted molar refractivity (Wildman–Crippen MR) is 136 cm³/mol. The highest BCUT2D eigenvalue weighted by molar-refractivity contribution is 6.17. The minimum Gasteiger partial charge on any atom is -0.446 e. The molecule has 2 fully saturated rings. The number of carbonyl (C=O) groups is 2. The molecule has 2 aromatic rings. The number of hydrogen-bond acceptors (Lipinski definition) is 4. The van der Waals surface area contributed by atoms with Crippen LogP contribution in [0.4, 0.5) is 13.6 Å². The van der Waals surface area contributed by atoms with Gasteiger partial charge >= 0.3 is 6.09 Å². The number of nitrogens with zero attached hydrogens (tertiary/aromatic N) is 2. The number of ether oxygens (including phenoxy) is 1. The zero-order valence-corrected chi connectivity index (χ0v) is 20.8. The number of ketones is 1. The molecule has 0 N–H and O–H groups in total. The molecule has 0 spiro atoms. The standard InChI is InChI=1S/C30H30F2N2O3/c1-18-14-23(18)27-26(25(19-8-4-2-5-9-19)20-10-6-3-7-11-20)28(35)22-12-13-34(17-24(22)33-27)29(36)37-21-15-30(31,32)16-21/h2-11,18,21,23,25-26H,12-17H2,1H3. The van der Waals surface area contributed by atoms with Crippen LogP contribution in [0.2, 0.25) is 0 Å². The van der Waals surface area contributed by atoms with E-state index < -0.39 is 36.9 Å². The molecule has 6 rings (SSSR count). The van der Waals surface area contributed by atoms with Crippen LogP contribution in [0.5, 0.6) is 0 Å². The lowest BCUT2D eigenvalue weighted by Crippen LogP contribution is -2.47. The Kier molecular flexibility index (Phi) is 5.97. The maximum atomic E-state index is 14.2. The van der Waals surface area contributed by atoms with E-state index in [-0.39, 0.29) is 24.2 Å². The average molecular weight is 505 g/mol. The second-order valence-corrected chi connectivity index (χ2v) is 10.9. The minimum atomic E-state index is -2.75. The molecule has 4 aliphatic rings. The van der Waals surface area contributed by atoms with Crippen molar-refractivity contribution in [3.63, 3.8) is 0 Å². The Labute approximate surface area is 215 Å². The van der Waals surface area contributed by atoms with Crippen molar-refractivity contribution in [2.24, 2.45) is 22.7 Å². The quantitative estimate of drug-likeness (QED) is 0.501. The van der Waals surface area contributed by atoms with Crippen molar-refractivity contribution in [1.82, 2.24) is 4.90 Å². The molecule has 0 aromatic heterocycles. The first kappa shape index (κ1) is 24.0. The fourth-order valence-corrected chi connectivity index (χ4v) is 5.99. The number of amides is 1. The van der Waals surface area contributed by atoms with Crippen molar-refractivity contribution < 1.29 is 23.1 Å². The summed E-state index contributed by atoms with van der Waals surface area (Å²) in [5, 5.41) is 0. The van der Waals surface area contributed by atoms with E-state index in [1.54, 1.807) is 0 Å². The third kappa shape index (κ3) is 4.60. The van der Waals surface area contributed by atoms with Gasteiger partial charge in [0.2, 0.25) is 0 Å². The Morgan fingerprint density at radius 1 is 1.05 bits per heavy atom. The number of alkyl halides is 2. The van der Waals surface area contributed by atoms with Gasteiger partial charge < -0.3 is 9.64 Å². The molecule has 3 atom stereocenters. The summed E-state index contributed by atoms with van der Waals surface area (Å²) in [6.07, 6.45) is -0.841. The van der Waals surface area contributed by atoms with Crippen molar-refractivity contribution in [2.45, 2.75) is 50.6 Å². The topological polar surface area (TPSA) is 59.0 Å². The van der Waals surface area contributed by atoms with Crippen molar-refractivity contribution in [3.05, 3.63) is 83.1 Å². The van der Waals surface area contributed by atoms with Gasteiger partial charge in [-0.05, 0) is 29.9 Å². The summed E-state index contributed by atoms with van der Waals surface area (Å²) in [7, 11) is 0. The molecule has 1 amide bonds. The van der Waals surface area contributed by atoms with Gasteiger partial charge in [-0.15, -0.1) is 0 Å². The largest absolute Gasteiger partial charge is 0.446 e. The Hall–Kier alpha value is -3.35. The zero-order chi connectivity index (χ0) is 25.7. The normalized spacial score (nSPS) is 26.9. The summed E-state index contributed by atoms with van der Waals surface area (Å²) >= 11 is 0. The van der Waals surface area contributed by atoms with Crippen molar-refractivity contribution in [2.75, 3.05) is 13.1 Å². The molecular weight excluding hydrogens is 474 g/mol. The lowest BCUT2D eigenvalue weighted by atomic mass is 9.71. The summed E-state index contributed by atoms with van der Waals surface area (Å²) in [6, 6.07) is 20.3. The van der Waals surface area contributed by atoms with Crippen LogP contribution in [0.25, 0.3) is 0 Å². The van der Waals surface area contributed by atoms with Crippen LogP contribution < -0.4 is 0 Å². The van der Waals surface area contributed by atoms with Crippen LogP contribution in [0.3, 0.4) is 0 Å². The van der Waals surface area contributed by atoms with Gasteiger partial charge in [0.05, 0.1) is 18.2 Å². The molecule has 0 radical (unpaired) electrons. The van der Waals surface area contributed by atoms with Gasteiger partial charge in [0, 0.05) is 42.5 Å². The highest BCUT2D eigenvalue weighted by Crippen LogP contribution is 2.48. The minimum absolute atomic E-state index is 0.0865. The van der Waals surface area contributed by atoms with E-state index in [2.05, 4.69) is 31.2 Å². The second kappa shape index (κ2) is 9.19. The molecule has 5 nitrogen and oxygen atoms in total. The molecule has 2 heterocycles. The number of aliphatic imine (C=N–C) groups is 1. The van der Waals surface area contributed by atoms with E-state index in [1.807, 2.05) is 36.4 Å². The first-order valence-electron chi connectivity index (χ1n) is 13.1. The first-order valence-corrected chi connectivity index (χ1v) is 13.1. The van der Waals surface area contributed by atoms with Crippen LogP contribution in [0, 0.1) is 17.8 Å². The van der Waals surface area contributed by atoms with Crippen molar-refractivity contribution >= 4 is 17.6 Å². The Balaban J connectivity index is 1.31. The lowest BCUT2D eigenvalue weighted by molar-refractivity contribution is -0.147. The molecule has 7 heteroatoms. The molecule has 0 bridgehead atoms. The number of carbonyl (C=O) groups excluding carboxylic acids is 2. The van der Waals surface area contributed by atoms with E-state index in [0.717, 1.165) is 23.3 Å². The lowest BCUT2D eigenvalue weighted by Gasteiger charge is -2.38. The van der Waals surface area contributed by atoms with E-state index in [4.69, 9.17) is 9.73 Å². The smallest absolute Gasteiger partial charge is 0.410 e. The summed E-state index contributed by atoms with van der Waals surface area (Å²) in [4.78, 5) is 33.5. The number of Topliss-reactive ketones (excluding diaryl/α,β-unsaturated/α-hetero) is 1. The van der Waals surface area contributed by atoms with Gasteiger partial charge in [0.15, 0.2) is 5.78 Å². The number of hydrogen-bond donors (Lipinski definition) is 0. The molecule has 2 aliphatic heterocycles. The third-order valence-electron chi connectivity index (χ3n) is 8.20. The van der Waals surface area contributed by atoms with Gasteiger partial charge in [-0.2, -0.15) is 0 Å². The molecule has 192 valence electrons. The summed E-state index contributed by atoms with van der Waals surface area (Å²) in [5.41, 5.74) is 4.36. The molecule has 2 saturated carbocycles. The maximum Gasteiger partial charge on any atom is 0.410 e. The Bertz CT molecular complexity index is 1230. The van der Waals surface area contributed by atoms with Gasteiger partial charge in [0.25, 0.3) is 5.92 Å².